The SMILES string of the molecule is Clc1cc(C2=Cc3c(c4c5ccccc5c5ccccc5c4c4ccccc34)CC2)cc2cc(-c3ccc4c(c3)c3ccccc3c3c5ccccc5c5ccccc5c43)ccc12. The number of hydrogen-bond donors (Lipinski definition) is 0. The minimum absolute atomic E-state index is 0.789. The third-order valence-electron chi connectivity index (χ3n) is 14.3. The van der Waals surface area contributed by atoms with Gasteiger partial charge in [-0.3, -0.25) is 0 Å². The lowest BCUT2D eigenvalue weighted by Gasteiger charge is -2.24. The first-order chi connectivity index (χ1) is 31.2. The van der Waals surface area contributed by atoms with Crippen LogP contribution in [0.15, 0.2) is 194 Å². The molecule has 0 spiro atoms. The fourth-order valence-electron chi connectivity index (χ4n) is 11.6. The normalized spacial score (nSPS) is 13.1. The van der Waals surface area contributed by atoms with Crippen LogP contribution < -0.4 is 0 Å². The van der Waals surface area contributed by atoms with E-state index >= 15 is 0 Å². The molecule has 1 aliphatic carbocycles. The zero-order valence-electron chi connectivity index (χ0n) is 34.3. The zero-order valence-corrected chi connectivity index (χ0v) is 35.1. The van der Waals surface area contributed by atoms with Gasteiger partial charge < -0.3 is 0 Å². The lowest BCUT2D eigenvalue weighted by atomic mass is 9.80. The van der Waals surface area contributed by atoms with Crippen LogP contribution in [0, 0.1) is 0 Å². The van der Waals surface area contributed by atoms with Gasteiger partial charge in [-0.25, -0.2) is 0 Å². The van der Waals surface area contributed by atoms with Crippen LogP contribution in [0.3, 0.4) is 0 Å². The number of fused-ring (bicyclic) bond motifs is 23. The fraction of sp³-hybridized carbons (Fsp3) is 0.0323. The molecule has 14 rings (SSSR count). The van der Waals surface area contributed by atoms with Crippen molar-refractivity contribution in [2.45, 2.75) is 12.8 Å². The van der Waals surface area contributed by atoms with Crippen LogP contribution in [-0.4, -0.2) is 0 Å². The summed E-state index contributed by atoms with van der Waals surface area (Å²) in [7, 11) is 0. The first-order valence-electron chi connectivity index (χ1n) is 22.1. The maximum atomic E-state index is 7.23. The zero-order chi connectivity index (χ0) is 41.3. The summed E-state index contributed by atoms with van der Waals surface area (Å²) >= 11 is 7.23. The molecule has 13 aromatic carbocycles. The molecule has 0 aromatic heterocycles. The molecule has 13 aromatic rings. The Balaban J connectivity index is 0.955. The van der Waals surface area contributed by atoms with E-state index in [0.29, 0.717) is 0 Å². The smallest absolute Gasteiger partial charge is 0.0490 e. The van der Waals surface area contributed by atoms with Crippen molar-refractivity contribution in [1.29, 1.82) is 0 Å². The van der Waals surface area contributed by atoms with Crippen LogP contribution >= 0.6 is 11.6 Å². The van der Waals surface area contributed by atoms with Crippen molar-refractivity contribution in [2.75, 3.05) is 0 Å². The molecular weight excluding hydrogens is 780 g/mol. The summed E-state index contributed by atoms with van der Waals surface area (Å²) in [5.41, 5.74) is 7.69. The Morgan fingerprint density at radius 1 is 0.286 bits per heavy atom. The highest BCUT2D eigenvalue weighted by molar-refractivity contribution is 6.40. The third-order valence-corrected chi connectivity index (χ3v) is 14.6. The van der Waals surface area contributed by atoms with Crippen molar-refractivity contribution >= 4 is 131 Å². The molecule has 63 heavy (non-hydrogen) atoms. The molecular formula is C62H37Cl. The molecule has 1 aliphatic rings. The summed E-state index contributed by atoms with van der Waals surface area (Å²) in [5.74, 6) is 0. The average Bonchev–Trinajstić information content (AvgIpc) is 3.35. The van der Waals surface area contributed by atoms with Gasteiger partial charge in [-0.2, -0.15) is 0 Å². The standard InChI is InChI=1S/C62H37Cl/c63-58-35-39(38-27-30-55-57(34-38)47-18-6-12-24-53(47)60-49-20-8-2-14-43(49)45-16-4-10-22-51(45)62(55)60)32-40-31-36(25-28-41(40)58)37-26-29-54-56(33-37)46-17-5-11-23-52(46)59-48-19-7-1-13-42(48)44-15-3-9-21-50(44)61(54)59/h1-26,28-29,31-35H,27,30H2. The van der Waals surface area contributed by atoms with E-state index in [1.165, 1.54) is 130 Å². The van der Waals surface area contributed by atoms with Gasteiger partial charge in [0.05, 0.1) is 0 Å². The molecule has 0 N–H and O–H groups in total. The van der Waals surface area contributed by atoms with Crippen LogP contribution in [0.4, 0.5) is 0 Å². The Morgan fingerprint density at radius 3 is 1.21 bits per heavy atom. The largest absolute Gasteiger partial charge is 0.0836 e. The first-order valence-corrected chi connectivity index (χ1v) is 22.4. The number of allylic oxidation sites excluding steroid dienone is 1. The van der Waals surface area contributed by atoms with Gasteiger partial charge in [0.1, 0.15) is 0 Å². The number of aryl methyl sites for hydroxylation is 1. The van der Waals surface area contributed by atoms with Gasteiger partial charge in [-0.15, -0.1) is 0 Å². The molecule has 0 atom stereocenters. The van der Waals surface area contributed by atoms with Gasteiger partial charge in [0, 0.05) is 10.4 Å². The van der Waals surface area contributed by atoms with E-state index in [1.807, 2.05) is 0 Å². The number of halogens is 1. The molecule has 0 unspecified atom stereocenters. The highest BCUT2D eigenvalue weighted by atomic mass is 35.5. The number of benzene rings is 13. The molecule has 0 amide bonds. The minimum Gasteiger partial charge on any atom is -0.0836 e. The molecule has 0 bridgehead atoms. The van der Waals surface area contributed by atoms with Crippen LogP contribution in [0.2, 0.25) is 5.02 Å². The number of hydrogen-bond acceptors (Lipinski definition) is 0. The summed E-state index contributed by atoms with van der Waals surface area (Å²) in [6.07, 6.45) is 4.38. The van der Waals surface area contributed by atoms with Crippen molar-refractivity contribution in [3.05, 3.63) is 216 Å². The predicted octanol–water partition coefficient (Wildman–Crippen LogP) is 18.0. The molecule has 0 saturated heterocycles. The van der Waals surface area contributed by atoms with E-state index in [2.05, 4.69) is 200 Å². The highest BCUT2D eigenvalue weighted by Crippen LogP contribution is 2.48. The van der Waals surface area contributed by atoms with E-state index in [9.17, 15) is 0 Å². The molecule has 0 aliphatic heterocycles. The molecule has 1 heteroatoms. The molecule has 0 fully saturated rings. The summed E-state index contributed by atoms with van der Waals surface area (Å²) in [5, 5.41) is 26.7. The van der Waals surface area contributed by atoms with Gasteiger partial charge in [-0.05, 0) is 173 Å². The third kappa shape index (κ3) is 4.99. The summed E-state index contributed by atoms with van der Waals surface area (Å²) in [4.78, 5) is 0. The molecule has 0 radical (unpaired) electrons. The Hall–Kier alpha value is -7.51. The molecule has 0 nitrogen and oxygen atoms in total. The van der Waals surface area contributed by atoms with Gasteiger partial charge >= 0.3 is 0 Å². The van der Waals surface area contributed by atoms with E-state index in [-0.39, 0.29) is 0 Å². The summed E-state index contributed by atoms with van der Waals surface area (Å²) < 4.78 is 0. The van der Waals surface area contributed by atoms with Crippen molar-refractivity contribution < 1.29 is 0 Å². The van der Waals surface area contributed by atoms with Crippen molar-refractivity contribution in [3.63, 3.8) is 0 Å². The maximum absolute atomic E-state index is 7.23. The van der Waals surface area contributed by atoms with E-state index in [0.717, 1.165) is 28.6 Å². The quantitative estimate of drug-likeness (QED) is 0.153. The lowest BCUT2D eigenvalue weighted by Crippen LogP contribution is -2.03. The van der Waals surface area contributed by atoms with E-state index < -0.39 is 0 Å². The Bertz CT molecular complexity index is 4210. The lowest BCUT2D eigenvalue weighted by molar-refractivity contribution is 1.02. The molecule has 0 heterocycles. The minimum atomic E-state index is 0.789. The van der Waals surface area contributed by atoms with Crippen LogP contribution in [0.5, 0.6) is 0 Å². The topological polar surface area (TPSA) is 0 Å². The van der Waals surface area contributed by atoms with Crippen molar-refractivity contribution in [2.24, 2.45) is 0 Å². The van der Waals surface area contributed by atoms with Gasteiger partial charge in [0.15, 0.2) is 0 Å². The predicted molar refractivity (Wildman–Crippen MR) is 275 cm³/mol. The highest BCUT2D eigenvalue weighted by Gasteiger charge is 2.23. The van der Waals surface area contributed by atoms with E-state index in [1.54, 1.807) is 0 Å². The van der Waals surface area contributed by atoms with Gasteiger partial charge in [0.2, 0.25) is 0 Å². The summed E-state index contributed by atoms with van der Waals surface area (Å²) in [6, 6.07) is 72.1. The molecule has 292 valence electrons. The first kappa shape index (κ1) is 35.1. The fourth-order valence-corrected chi connectivity index (χ4v) is 11.9. The Kier molecular flexibility index (Phi) is 7.38. The maximum Gasteiger partial charge on any atom is 0.0490 e. The Morgan fingerprint density at radius 2 is 0.667 bits per heavy atom. The Labute approximate surface area is 368 Å². The van der Waals surface area contributed by atoms with Crippen LogP contribution in [0.1, 0.15) is 23.1 Å². The van der Waals surface area contributed by atoms with Crippen molar-refractivity contribution in [1.82, 2.24) is 0 Å². The second-order valence-corrected chi connectivity index (χ2v) is 17.9. The second-order valence-electron chi connectivity index (χ2n) is 17.5. The average molecular weight is 817 g/mol. The van der Waals surface area contributed by atoms with Crippen LogP contribution in [-0.2, 0) is 6.42 Å². The van der Waals surface area contributed by atoms with Gasteiger partial charge in [-0.1, -0.05) is 188 Å². The monoisotopic (exact) mass is 816 g/mol. The summed E-state index contributed by atoms with van der Waals surface area (Å²) in [6.45, 7) is 0. The van der Waals surface area contributed by atoms with Crippen molar-refractivity contribution in [3.8, 4) is 11.1 Å². The second kappa shape index (κ2) is 13.2. The number of rotatable bonds is 2. The molecule has 0 saturated carbocycles. The van der Waals surface area contributed by atoms with Gasteiger partial charge in [0.25, 0.3) is 0 Å². The van der Waals surface area contributed by atoms with Crippen LogP contribution in [0.25, 0.3) is 131 Å². The van der Waals surface area contributed by atoms with E-state index in [4.69, 9.17) is 11.6 Å².